The van der Waals surface area contributed by atoms with Crippen molar-refractivity contribution in [2.75, 3.05) is 24.7 Å². The quantitative estimate of drug-likeness (QED) is 0.208. The van der Waals surface area contributed by atoms with E-state index in [9.17, 15) is 50.2 Å². The number of halogens is 5. The second kappa shape index (κ2) is 12.1. The lowest BCUT2D eigenvalue weighted by molar-refractivity contribution is -0.121. The van der Waals surface area contributed by atoms with Gasteiger partial charge in [0.15, 0.2) is 28.2 Å². The smallest absolute Gasteiger partial charge is 0.339 e. The molecular weight excluding hydrogens is 615 g/mol. The Labute approximate surface area is 248 Å². The van der Waals surface area contributed by atoms with Crippen molar-refractivity contribution in [3.8, 4) is 5.75 Å². The zero-order valence-corrected chi connectivity index (χ0v) is 23.6. The number of carboxylic acids is 1. The molecule has 15 heteroatoms. The van der Waals surface area contributed by atoms with Gasteiger partial charge in [-0.2, -0.15) is 4.31 Å². The van der Waals surface area contributed by atoms with Gasteiger partial charge in [0.05, 0.1) is 13.2 Å². The van der Waals surface area contributed by atoms with Crippen LogP contribution in [0.3, 0.4) is 0 Å². The van der Waals surface area contributed by atoms with Gasteiger partial charge in [0.1, 0.15) is 17.4 Å². The average Bonchev–Trinajstić information content (AvgIpc) is 3.71. The van der Waals surface area contributed by atoms with Crippen molar-refractivity contribution in [2.45, 2.75) is 42.7 Å². The minimum absolute atomic E-state index is 0.0141. The van der Waals surface area contributed by atoms with Gasteiger partial charge in [-0.15, -0.1) is 0 Å². The summed E-state index contributed by atoms with van der Waals surface area (Å²) in [5, 5.41) is 19.6. The predicted octanol–water partition coefficient (Wildman–Crippen LogP) is 4.68. The molecule has 2 fully saturated rings. The zero-order chi connectivity index (χ0) is 31.9. The number of carbonyl (C=O) groups is 2. The van der Waals surface area contributed by atoms with Gasteiger partial charge in [0.2, 0.25) is 21.7 Å². The maximum Gasteiger partial charge on any atom is 0.339 e. The van der Waals surface area contributed by atoms with Crippen LogP contribution in [0.2, 0.25) is 0 Å². The molecule has 3 aromatic rings. The molecular formula is C29H25F5N2O7S. The summed E-state index contributed by atoms with van der Waals surface area (Å²) in [5.74, 6) is -15.4. The monoisotopic (exact) mass is 640 g/mol. The van der Waals surface area contributed by atoms with Crippen LogP contribution in [0.1, 0.15) is 46.7 Å². The molecule has 0 aromatic heterocycles. The molecule has 2 saturated heterocycles. The van der Waals surface area contributed by atoms with Crippen molar-refractivity contribution < 1.29 is 54.9 Å². The van der Waals surface area contributed by atoms with Crippen LogP contribution >= 0.6 is 0 Å². The van der Waals surface area contributed by atoms with Gasteiger partial charge in [0, 0.05) is 30.8 Å². The summed E-state index contributed by atoms with van der Waals surface area (Å²) >= 11 is 0. The van der Waals surface area contributed by atoms with Crippen LogP contribution in [0, 0.1) is 29.1 Å². The lowest BCUT2D eigenvalue weighted by Crippen LogP contribution is -2.48. The van der Waals surface area contributed by atoms with Gasteiger partial charge in [-0.05, 0) is 42.5 Å². The van der Waals surface area contributed by atoms with Gasteiger partial charge < -0.3 is 19.8 Å². The molecule has 2 aliphatic heterocycles. The Morgan fingerprint density at radius 3 is 2.14 bits per heavy atom. The minimum atomic E-state index is -5.44. The normalized spacial score (nSPS) is 18.9. The number of benzene rings is 3. The number of aromatic hydroxyl groups is 1. The second-order valence-electron chi connectivity index (χ2n) is 10.4. The SMILES string of the molecule is O=C(O)c1ccc(N(Cc2ccc(C3CCOC3)cc2)C(=O)[C@H]2CCCN2S(=O)(=O)c2c(F)c(F)c(F)c(F)c2F)cc1O. The Kier molecular flexibility index (Phi) is 8.64. The first kappa shape index (κ1) is 31.3. The number of hydrogen-bond acceptors (Lipinski definition) is 6. The molecule has 0 radical (unpaired) electrons. The fourth-order valence-corrected chi connectivity index (χ4v) is 7.19. The van der Waals surface area contributed by atoms with Gasteiger partial charge in [-0.25, -0.2) is 35.2 Å². The molecule has 0 bridgehead atoms. The highest BCUT2D eigenvalue weighted by Gasteiger charge is 2.45. The fourth-order valence-electron chi connectivity index (χ4n) is 5.42. The molecule has 0 aliphatic carbocycles. The summed E-state index contributed by atoms with van der Waals surface area (Å²) in [7, 11) is -5.44. The van der Waals surface area contributed by atoms with Crippen LogP contribution in [-0.2, 0) is 26.1 Å². The topological polar surface area (TPSA) is 124 Å². The van der Waals surface area contributed by atoms with Crippen LogP contribution in [0.25, 0.3) is 0 Å². The first-order valence-corrected chi connectivity index (χ1v) is 14.8. The molecule has 234 valence electrons. The Morgan fingerprint density at radius 1 is 0.932 bits per heavy atom. The molecule has 5 rings (SSSR count). The summed E-state index contributed by atoms with van der Waals surface area (Å²) in [4.78, 5) is 24.4. The van der Waals surface area contributed by atoms with Crippen molar-refractivity contribution in [3.05, 3.63) is 88.2 Å². The van der Waals surface area contributed by atoms with Crippen LogP contribution in [-0.4, -0.2) is 60.6 Å². The molecule has 2 heterocycles. The van der Waals surface area contributed by atoms with E-state index in [1.54, 1.807) is 12.1 Å². The lowest BCUT2D eigenvalue weighted by atomic mass is 9.97. The number of amides is 1. The number of aromatic carboxylic acids is 1. The number of phenols is 1. The van der Waals surface area contributed by atoms with Crippen LogP contribution in [0.5, 0.6) is 5.75 Å². The van der Waals surface area contributed by atoms with Gasteiger partial charge in [-0.3, -0.25) is 4.79 Å². The van der Waals surface area contributed by atoms with Gasteiger partial charge in [0.25, 0.3) is 0 Å². The summed E-state index contributed by atoms with van der Waals surface area (Å²) in [6.07, 6.45) is 0.679. The van der Waals surface area contributed by atoms with Crippen molar-refractivity contribution in [1.29, 1.82) is 0 Å². The van der Waals surface area contributed by atoms with E-state index in [-0.39, 0.29) is 31.0 Å². The molecule has 2 N–H and O–H groups in total. The Morgan fingerprint density at radius 2 is 1.57 bits per heavy atom. The first-order chi connectivity index (χ1) is 20.8. The van der Waals surface area contributed by atoms with E-state index in [1.807, 2.05) is 12.1 Å². The van der Waals surface area contributed by atoms with Crippen molar-refractivity contribution in [3.63, 3.8) is 0 Å². The number of hydrogen-bond donors (Lipinski definition) is 2. The number of sulfonamides is 1. The number of anilines is 1. The number of carboxylic acid groups (broad SMARTS) is 1. The average molecular weight is 641 g/mol. The standard InChI is InChI=1S/C29H25F5N2O7S/c30-22-23(31)25(33)27(26(34)24(22)32)44(41,42)36-10-1-2-20(36)28(38)35(18-7-8-19(29(39)40)21(37)12-18)13-15-3-5-16(6-4-15)17-9-11-43-14-17/h3-8,12,17,20,37H,1-2,9-11,13-14H2,(H,39,40)/t17?,20-/m1/s1. The molecule has 44 heavy (non-hydrogen) atoms. The van der Waals surface area contributed by atoms with E-state index in [1.165, 1.54) is 6.07 Å². The second-order valence-corrected chi connectivity index (χ2v) is 12.2. The molecule has 2 aliphatic rings. The van der Waals surface area contributed by atoms with Gasteiger partial charge in [-0.1, -0.05) is 24.3 Å². The molecule has 2 atom stereocenters. The summed E-state index contributed by atoms with van der Waals surface area (Å²) < 4.78 is 103. The zero-order valence-electron chi connectivity index (χ0n) is 22.8. The Hall–Kier alpha value is -4.08. The largest absolute Gasteiger partial charge is 0.507 e. The highest BCUT2D eigenvalue weighted by atomic mass is 32.2. The summed E-state index contributed by atoms with van der Waals surface area (Å²) in [6, 6.07) is 8.71. The molecule has 3 aromatic carbocycles. The molecule has 1 amide bonds. The predicted molar refractivity (Wildman–Crippen MR) is 144 cm³/mol. The van der Waals surface area contributed by atoms with Crippen LogP contribution < -0.4 is 4.90 Å². The number of rotatable bonds is 8. The number of carbonyl (C=O) groups excluding carboxylic acids is 1. The van der Waals surface area contributed by atoms with E-state index in [4.69, 9.17) is 4.74 Å². The fraction of sp³-hybridized carbons (Fsp3) is 0.310. The van der Waals surface area contributed by atoms with Crippen molar-refractivity contribution in [2.24, 2.45) is 0 Å². The van der Waals surface area contributed by atoms with E-state index in [0.717, 1.165) is 29.0 Å². The van der Waals surface area contributed by atoms with Crippen LogP contribution in [0.15, 0.2) is 47.4 Å². The highest BCUT2D eigenvalue weighted by Crippen LogP contribution is 2.35. The molecule has 0 saturated carbocycles. The van der Waals surface area contributed by atoms with Crippen molar-refractivity contribution >= 4 is 27.6 Å². The number of ether oxygens (including phenoxy) is 1. The third-order valence-corrected chi connectivity index (χ3v) is 9.66. The van der Waals surface area contributed by atoms with Crippen LogP contribution in [0.4, 0.5) is 27.6 Å². The maximum atomic E-state index is 14.6. The van der Waals surface area contributed by atoms with Crippen molar-refractivity contribution in [1.82, 2.24) is 4.31 Å². The number of nitrogens with zero attached hydrogens (tertiary/aromatic N) is 2. The molecule has 0 spiro atoms. The molecule has 9 nitrogen and oxygen atoms in total. The maximum absolute atomic E-state index is 14.6. The van der Waals surface area contributed by atoms with E-state index in [2.05, 4.69) is 0 Å². The third-order valence-electron chi connectivity index (χ3n) is 7.74. The van der Waals surface area contributed by atoms with Gasteiger partial charge >= 0.3 is 5.97 Å². The third kappa shape index (κ3) is 5.62. The first-order valence-electron chi connectivity index (χ1n) is 13.4. The summed E-state index contributed by atoms with van der Waals surface area (Å²) in [6.45, 7) is 0.497. The molecule has 1 unspecified atom stereocenters. The lowest BCUT2D eigenvalue weighted by Gasteiger charge is -2.30. The van der Waals surface area contributed by atoms with E-state index < -0.39 is 79.8 Å². The summed E-state index contributed by atoms with van der Waals surface area (Å²) in [5.41, 5.74) is 1.03. The Bertz CT molecular complexity index is 1700. The van der Waals surface area contributed by atoms with E-state index in [0.29, 0.717) is 23.1 Å². The highest BCUT2D eigenvalue weighted by molar-refractivity contribution is 7.89. The van der Waals surface area contributed by atoms with E-state index >= 15 is 0 Å². The Balaban J connectivity index is 1.53. The minimum Gasteiger partial charge on any atom is -0.507 e.